The molecular formula is C31H27Cl5N6O3. The summed E-state index contributed by atoms with van der Waals surface area (Å²) < 4.78 is 1.41. The van der Waals surface area contributed by atoms with Crippen LogP contribution in [0.3, 0.4) is 0 Å². The normalized spacial score (nSPS) is 16.8. The van der Waals surface area contributed by atoms with Crippen LogP contribution in [0.5, 0.6) is 5.75 Å². The van der Waals surface area contributed by atoms with Gasteiger partial charge in [0.2, 0.25) is 5.91 Å². The van der Waals surface area contributed by atoms with Crippen molar-refractivity contribution in [2.75, 3.05) is 31.1 Å². The number of pyridine rings is 2. The maximum atomic E-state index is 14.5. The molecule has 0 spiro atoms. The van der Waals surface area contributed by atoms with E-state index in [1.54, 1.807) is 11.0 Å². The van der Waals surface area contributed by atoms with Crippen LogP contribution in [0.2, 0.25) is 25.1 Å². The predicted octanol–water partition coefficient (Wildman–Crippen LogP) is 7.11. The van der Waals surface area contributed by atoms with Crippen LogP contribution in [0.1, 0.15) is 26.3 Å². The van der Waals surface area contributed by atoms with E-state index in [0.29, 0.717) is 42.9 Å². The van der Waals surface area contributed by atoms with Gasteiger partial charge in [0.25, 0.3) is 5.56 Å². The maximum absolute atomic E-state index is 14.5. The van der Waals surface area contributed by atoms with Crippen molar-refractivity contribution >= 4 is 86.3 Å². The third kappa shape index (κ3) is 5.53. The number of dihydropyridines is 1. The molecule has 2 N–H and O–H groups in total. The molecule has 4 heterocycles. The van der Waals surface area contributed by atoms with E-state index in [1.165, 1.54) is 10.6 Å². The molecule has 2 aliphatic rings. The molecule has 1 amide bonds. The molecule has 0 unspecified atom stereocenters. The van der Waals surface area contributed by atoms with Gasteiger partial charge < -0.3 is 20.2 Å². The number of nitrogens with zero attached hydrogens (tertiary/aromatic N) is 5. The summed E-state index contributed by atoms with van der Waals surface area (Å²) >= 11 is 32.3. The van der Waals surface area contributed by atoms with E-state index in [1.807, 2.05) is 37.9 Å². The molecule has 9 nitrogen and oxygen atoms in total. The van der Waals surface area contributed by atoms with Crippen molar-refractivity contribution in [3.05, 3.63) is 77.6 Å². The monoisotopic (exact) mass is 706 g/mol. The Kier molecular flexibility index (Phi) is 9.37. The van der Waals surface area contributed by atoms with E-state index in [9.17, 15) is 20.0 Å². The van der Waals surface area contributed by atoms with Crippen LogP contribution in [0.4, 0.5) is 5.69 Å². The Morgan fingerprint density at radius 1 is 1.13 bits per heavy atom. The second-order valence-electron chi connectivity index (χ2n) is 11.0. The zero-order valence-electron chi connectivity index (χ0n) is 24.4. The van der Waals surface area contributed by atoms with Crippen LogP contribution in [0.15, 0.2) is 41.4 Å². The Bertz CT molecular complexity index is 1910. The first kappa shape index (κ1) is 33.0. The molecule has 1 saturated heterocycles. The molecule has 0 bridgehead atoms. The SMILES string of the molecule is C=CC(=O)N1CCN(c2c(C#N)c(=O)n(C3=C(C)C=CN[C@@H]3C(C)C)c3nc(-c4c(O)c(Cl)c(Cl)c(Cl)c4Cl)c(Cl)cc23)CC1. The van der Waals surface area contributed by atoms with Gasteiger partial charge in [-0.3, -0.25) is 14.2 Å². The highest BCUT2D eigenvalue weighted by Gasteiger charge is 2.33. The van der Waals surface area contributed by atoms with E-state index in [-0.39, 0.29) is 65.4 Å². The number of anilines is 1. The Morgan fingerprint density at radius 3 is 2.38 bits per heavy atom. The minimum absolute atomic E-state index is 0.00370. The minimum Gasteiger partial charge on any atom is -0.506 e. The number of rotatable bonds is 5. The van der Waals surface area contributed by atoms with E-state index in [0.717, 1.165) is 5.57 Å². The molecule has 1 fully saturated rings. The van der Waals surface area contributed by atoms with E-state index in [2.05, 4.69) is 18.0 Å². The van der Waals surface area contributed by atoms with Crippen molar-refractivity contribution in [1.82, 2.24) is 19.8 Å². The third-order valence-electron chi connectivity index (χ3n) is 7.96. The lowest BCUT2D eigenvalue weighted by atomic mass is 9.94. The van der Waals surface area contributed by atoms with Crippen LogP contribution in [0, 0.1) is 17.2 Å². The number of phenolic OH excluding ortho intramolecular Hbond substituents is 1. The highest BCUT2D eigenvalue weighted by molar-refractivity contribution is 6.53. The van der Waals surface area contributed by atoms with Crippen molar-refractivity contribution < 1.29 is 9.90 Å². The van der Waals surface area contributed by atoms with Crippen LogP contribution in [0.25, 0.3) is 28.0 Å². The van der Waals surface area contributed by atoms with Crippen molar-refractivity contribution in [2.45, 2.75) is 26.8 Å². The van der Waals surface area contributed by atoms with Crippen molar-refractivity contribution in [3.8, 4) is 23.1 Å². The number of nitrogens with one attached hydrogen (secondary N) is 1. The number of piperazine rings is 1. The molecule has 234 valence electrons. The quantitative estimate of drug-likeness (QED) is 0.165. The summed E-state index contributed by atoms with van der Waals surface area (Å²) in [5.74, 6) is -0.670. The van der Waals surface area contributed by atoms with Crippen LogP contribution < -0.4 is 15.8 Å². The molecule has 0 saturated carbocycles. The van der Waals surface area contributed by atoms with E-state index < -0.39 is 11.3 Å². The lowest BCUT2D eigenvalue weighted by Gasteiger charge is -2.37. The summed E-state index contributed by atoms with van der Waals surface area (Å²) in [6.45, 7) is 10.8. The van der Waals surface area contributed by atoms with Gasteiger partial charge in [-0.15, -0.1) is 0 Å². The first-order valence-corrected chi connectivity index (χ1v) is 15.8. The molecule has 45 heavy (non-hydrogen) atoms. The van der Waals surface area contributed by atoms with Gasteiger partial charge in [-0.25, -0.2) is 4.98 Å². The first-order chi connectivity index (χ1) is 21.3. The topological polar surface area (TPSA) is 114 Å². The minimum atomic E-state index is -0.593. The largest absolute Gasteiger partial charge is 0.506 e. The molecule has 3 aromatic rings. The third-order valence-corrected chi connectivity index (χ3v) is 10.0. The number of benzene rings is 1. The van der Waals surface area contributed by atoms with Gasteiger partial charge in [0.1, 0.15) is 28.1 Å². The number of nitriles is 1. The Labute approximate surface area is 284 Å². The molecule has 2 aromatic heterocycles. The fraction of sp³-hybridized carbons (Fsp3) is 0.290. The summed E-state index contributed by atoms with van der Waals surface area (Å²) in [5, 5.41) is 24.6. The maximum Gasteiger partial charge on any atom is 0.276 e. The number of hydrogen-bond donors (Lipinski definition) is 2. The number of allylic oxidation sites excluding steroid dienone is 2. The second kappa shape index (κ2) is 12.8. The van der Waals surface area contributed by atoms with E-state index >= 15 is 0 Å². The van der Waals surface area contributed by atoms with Crippen LogP contribution in [-0.4, -0.2) is 57.7 Å². The molecule has 1 aromatic carbocycles. The lowest BCUT2D eigenvalue weighted by Crippen LogP contribution is -2.49. The van der Waals surface area contributed by atoms with Crippen LogP contribution in [-0.2, 0) is 4.79 Å². The molecule has 5 rings (SSSR count). The number of carbonyl (C=O) groups excluding carboxylic acids is 1. The van der Waals surface area contributed by atoms with Gasteiger partial charge in [0.15, 0.2) is 0 Å². The summed E-state index contributed by atoms with van der Waals surface area (Å²) in [5.41, 5.74) is 1.09. The fourth-order valence-electron chi connectivity index (χ4n) is 5.72. The molecule has 0 radical (unpaired) electrons. The van der Waals surface area contributed by atoms with Gasteiger partial charge >= 0.3 is 0 Å². The number of halogens is 5. The van der Waals surface area contributed by atoms with Crippen molar-refractivity contribution in [3.63, 3.8) is 0 Å². The summed E-state index contributed by atoms with van der Waals surface area (Å²) in [4.78, 5) is 35.1. The number of amides is 1. The van der Waals surface area contributed by atoms with Gasteiger partial charge in [-0.1, -0.05) is 78.4 Å². The molecule has 14 heteroatoms. The molecule has 0 aliphatic carbocycles. The lowest BCUT2D eigenvalue weighted by molar-refractivity contribution is -0.126. The van der Waals surface area contributed by atoms with Gasteiger partial charge in [0.05, 0.1) is 48.8 Å². The van der Waals surface area contributed by atoms with Crippen molar-refractivity contribution in [2.24, 2.45) is 5.92 Å². The standard InChI is InChI=1S/C31H27Cl5N6O3/c1-5-19(43)40-8-10-41(11-9-40)28-16-12-18(32)26(20-21(33)22(34)23(35)24(36)29(20)44)39-30(16)42(31(45)17(28)13-37)27-15(4)6-7-38-25(27)14(2)3/h5-7,12,14,25,38,44H,1,8-11H2,2-4H3/t25-/m1/s1. The van der Waals surface area contributed by atoms with Crippen molar-refractivity contribution in [1.29, 1.82) is 5.26 Å². The fourth-order valence-corrected chi connectivity index (χ4v) is 6.90. The predicted molar refractivity (Wildman–Crippen MR) is 182 cm³/mol. The number of aromatic nitrogens is 2. The van der Waals surface area contributed by atoms with Gasteiger partial charge in [-0.2, -0.15) is 5.26 Å². The summed E-state index contributed by atoms with van der Waals surface area (Å²) in [6.07, 6.45) is 4.90. The highest BCUT2D eigenvalue weighted by atomic mass is 35.5. The molecular weight excluding hydrogens is 682 g/mol. The zero-order chi connectivity index (χ0) is 32.9. The smallest absolute Gasteiger partial charge is 0.276 e. The molecule has 1 atom stereocenters. The summed E-state index contributed by atoms with van der Waals surface area (Å²) in [6, 6.07) is 3.38. The van der Waals surface area contributed by atoms with Crippen LogP contribution >= 0.6 is 58.0 Å². The average Bonchev–Trinajstić information content (AvgIpc) is 3.02. The molecule has 2 aliphatic heterocycles. The van der Waals surface area contributed by atoms with Gasteiger partial charge in [0, 0.05) is 31.6 Å². The number of fused-ring (bicyclic) bond motifs is 1. The van der Waals surface area contributed by atoms with Gasteiger partial charge in [-0.05, 0) is 42.8 Å². The number of carbonyl (C=O) groups is 1. The zero-order valence-corrected chi connectivity index (χ0v) is 28.2. The number of hydrogen-bond acceptors (Lipinski definition) is 7. The Morgan fingerprint density at radius 2 is 1.78 bits per heavy atom. The number of phenols is 1. The van der Waals surface area contributed by atoms with E-state index in [4.69, 9.17) is 63.0 Å². The summed E-state index contributed by atoms with van der Waals surface area (Å²) in [7, 11) is 0. The first-order valence-electron chi connectivity index (χ1n) is 13.9. The average molecular weight is 709 g/mol. The highest BCUT2D eigenvalue weighted by Crippen LogP contribution is 2.51. The second-order valence-corrected chi connectivity index (χ2v) is 12.9. The Balaban J connectivity index is 1.90. The Hall–Kier alpha value is -3.39. The number of aromatic hydroxyl groups is 1.